The van der Waals surface area contributed by atoms with Crippen molar-refractivity contribution >= 4 is 5.78 Å². The Balaban J connectivity index is 2.42. The smallest absolute Gasteiger partial charge is 0.137 e. The van der Waals surface area contributed by atoms with E-state index in [-0.39, 0.29) is 10.8 Å². The van der Waals surface area contributed by atoms with Crippen molar-refractivity contribution in [1.29, 1.82) is 0 Å². The standard InChI is InChI=1S/C14H22O/c1-10-7-8-14(4)9-11(15)5-6-12(14)13(10,2)3/h6,10H,5,7-9H2,1-4H3/t10?,14-/m1/s1. The van der Waals surface area contributed by atoms with Gasteiger partial charge in [-0.3, -0.25) is 4.79 Å². The van der Waals surface area contributed by atoms with E-state index in [1.54, 1.807) is 5.57 Å². The van der Waals surface area contributed by atoms with E-state index in [1.807, 2.05) is 0 Å². The first-order valence-corrected chi connectivity index (χ1v) is 6.09. The highest BCUT2D eigenvalue weighted by Crippen LogP contribution is 2.56. The van der Waals surface area contributed by atoms with Gasteiger partial charge in [0, 0.05) is 12.8 Å². The lowest BCUT2D eigenvalue weighted by atomic mass is 9.53. The summed E-state index contributed by atoms with van der Waals surface area (Å²) < 4.78 is 0. The van der Waals surface area contributed by atoms with E-state index < -0.39 is 0 Å². The quantitative estimate of drug-likeness (QED) is 0.552. The Morgan fingerprint density at radius 3 is 2.67 bits per heavy atom. The number of ketones is 1. The van der Waals surface area contributed by atoms with Gasteiger partial charge in [-0.2, -0.15) is 0 Å². The molecule has 0 aliphatic heterocycles. The topological polar surface area (TPSA) is 17.1 Å². The van der Waals surface area contributed by atoms with Crippen LogP contribution in [-0.4, -0.2) is 5.78 Å². The van der Waals surface area contributed by atoms with Crippen LogP contribution in [0.1, 0.15) is 53.4 Å². The molecule has 1 fully saturated rings. The molecule has 0 aromatic heterocycles. The van der Waals surface area contributed by atoms with Crippen molar-refractivity contribution in [2.75, 3.05) is 0 Å². The molecule has 1 heteroatoms. The van der Waals surface area contributed by atoms with E-state index in [0.29, 0.717) is 12.2 Å². The summed E-state index contributed by atoms with van der Waals surface area (Å²) in [6.07, 6.45) is 6.11. The molecule has 15 heavy (non-hydrogen) atoms. The summed E-state index contributed by atoms with van der Waals surface area (Å²) in [4.78, 5) is 11.6. The molecule has 2 rings (SSSR count). The number of Topliss-reactive ketones (excluding diaryl/α,β-unsaturated/α-hetero) is 1. The van der Waals surface area contributed by atoms with E-state index in [1.165, 1.54) is 12.8 Å². The lowest BCUT2D eigenvalue weighted by Crippen LogP contribution is -2.42. The maximum Gasteiger partial charge on any atom is 0.137 e. The minimum absolute atomic E-state index is 0.172. The summed E-state index contributed by atoms with van der Waals surface area (Å²) in [5.41, 5.74) is 2.01. The second kappa shape index (κ2) is 3.20. The monoisotopic (exact) mass is 206 g/mol. The van der Waals surface area contributed by atoms with Crippen molar-refractivity contribution in [3.05, 3.63) is 11.6 Å². The lowest BCUT2D eigenvalue weighted by molar-refractivity contribution is -0.121. The van der Waals surface area contributed by atoms with Crippen LogP contribution < -0.4 is 0 Å². The minimum atomic E-state index is 0.172. The molecule has 0 heterocycles. The molecule has 1 nitrogen and oxygen atoms in total. The van der Waals surface area contributed by atoms with Gasteiger partial charge in [0.15, 0.2) is 0 Å². The molecule has 1 unspecified atom stereocenters. The van der Waals surface area contributed by atoms with Gasteiger partial charge in [0.05, 0.1) is 0 Å². The van der Waals surface area contributed by atoms with E-state index >= 15 is 0 Å². The van der Waals surface area contributed by atoms with Crippen molar-refractivity contribution in [3.8, 4) is 0 Å². The fourth-order valence-corrected chi connectivity index (χ4v) is 3.49. The third kappa shape index (κ3) is 1.56. The third-order valence-electron chi connectivity index (χ3n) is 4.83. The molecule has 2 aliphatic carbocycles. The summed E-state index contributed by atoms with van der Waals surface area (Å²) in [5.74, 6) is 1.16. The van der Waals surface area contributed by atoms with Gasteiger partial charge in [0.25, 0.3) is 0 Å². The van der Waals surface area contributed by atoms with Gasteiger partial charge in [-0.15, -0.1) is 0 Å². The van der Waals surface area contributed by atoms with Crippen molar-refractivity contribution in [1.82, 2.24) is 0 Å². The molecule has 2 aliphatic rings. The van der Waals surface area contributed by atoms with E-state index in [9.17, 15) is 4.79 Å². The summed E-state index contributed by atoms with van der Waals surface area (Å²) in [6.45, 7) is 9.31. The van der Waals surface area contributed by atoms with Gasteiger partial charge in [0.1, 0.15) is 5.78 Å². The average molecular weight is 206 g/mol. The van der Waals surface area contributed by atoms with Crippen molar-refractivity contribution in [2.45, 2.75) is 53.4 Å². The lowest BCUT2D eigenvalue weighted by Gasteiger charge is -2.51. The van der Waals surface area contributed by atoms with Crippen molar-refractivity contribution in [2.24, 2.45) is 16.7 Å². The highest BCUT2D eigenvalue weighted by atomic mass is 16.1. The van der Waals surface area contributed by atoms with Gasteiger partial charge < -0.3 is 0 Å². The molecule has 0 spiro atoms. The van der Waals surface area contributed by atoms with Crippen LogP contribution in [0.3, 0.4) is 0 Å². The van der Waals surface area contributed by atoms with E-state index in [2.05, 4.69) is 33.8 Å². The van der Waals surface area contributed by atoms with Crippen LogP contribution >= 0.6 is 0 Å². The van der Waals surface area contributed by atoms with Crippen LogP contribution in [0.4, 0.5) is 0 Å². The Labute approximate surface area is 92.9 Å². The fraction of sp³-hybridized carbons (Fsp3) is 0.786. The Morgan fingerprint density at radius 1 is 1.33 bits per heavy atom. The molecular weight excluding hydrogens is 184 g/mol. The van der Waals surface area contributed by atoms with E-state index in [0.717, 1.165) is 12.3 Å². The summed E-state index contributed by atoms with van der Waals surface area (Å²) >= 11 is 0. The van der Waals surface area contributed by atoms with Crippen LogP contribution in [-0.2, 0) is 4.79 Å². The van der Waals surface area contributed by atoms with Gasteiger partial charge in [-0.05, 0) is 29.6 Å². The number of hydrogen-bond donors (Lipinski definition) is 0. The highest BCUT2D eigenvalue weighted by Gasteiger charge is 2.47. The molecule has 2 atom stereocenters. The van der Waals surface area contributed by atoms with Gasteiger partial charge >= 0.3 is 0 Å². The molecular formula is C14H22O. The molecule has 1 saturated carbocycles. The van der Waals surface area contributed by atoms with Gasteiger partial charge in [-0.1, -0.05) is 39.3 Å². The van der Waals surface area contributed by atoms with Crippen molar-refractivity contribution in [3.63, 3.8) is 0 Å². The first kappa shape index (κ1) is 10.9. The van der Waals surface area contributed by atoms with Crippen LogP contribution in [0.15, 0.2) is 11.6 Å². The Bertz CT molecular complexity index is 324. The van der Waals surface area contributed by atoms with Gasteiger partial charge in [0.2, 0.25) is 0 Å². The fourth-order valence-electron chi connectivity index (χ4n) is 3.49. The number of hydrogen-bond acceptors (Lipinski definition) is 1. The second-order valence-electron chi connectivity index (χ2n) is 6.26. The molecule has 84 valence electrons. The maximum atomic E-state index is 11.6. The Kier molecular flexibility index (Phi) is 2.33. The van der Waals surface area contributed by atoms with Gasteiger partial charge in [-0.25, -0.2) is 0 Å². The summed E-state index contributed by atoms with van der Waals surface area (Å²) in [5, 5.41) is 0. The predicted octanol–water partition coefficient (Wildman–Crippen LogP) is 3.74. The molecule has 0 aromatic carbocycles. The predicted molar refractivity (Wildman–Crippen MR) is 62.6 cm³/mol. The van der Waals surface area contributed by atoms with Crippen molar-refractivity contribution < 1.29 is 4.79 Å². The zero-order chi connectivity index (χ0) is 11.3. The highest BCUT2D eigenvalue weighted by molar-refractivity contribution is 5.82. The largest absolute Gasteiger partial charge is 0.299 e. The average Bonchev–Trinajstić information content (AvgIpc) is 2.11. The third-order valence-corrected chi connectivity index (χ3v) is 4.83. The van der Waals surface area contributed by atoms with Crippen LogP contribution in [0.2, 0.25) is 0 Å². The SMILES string of the molecule is CC1CC[C@]2(C)CC(=O)CC=C2C1(C)C. The molecule has 0 amide bonds. The maximum absolute atomic E-state index is 11.6. The molecule has 0 N–H and O–H groups in total. The zero-order valence-corrected chi connectivity index (χ0v) is 10.4. The number of allylic oxidation sites excluding steroid dienone is 2. The number of fused-ring (bicyclic) bond motifs is 1. The molecule has 0 aromatic rings. The van der Waals surface area contributed by atoms with Crippen LogP contribution in [0, 0.1) is 16.7 Å². The number of rotatable bonds is 0. The number of carbonyl (C=O) groups is 1. The zero-order valence-electron chi connectivity index (χ0n) is 10.4. The molecule has 0 bridgehead atoms. The van der Waals surface area contributed by atoms with Crippen LogP contribution in [0.5, 0.6) is 0 Å². The minimum Gasteiger partial charge on any atom is -0.299 e. The molecule has 0 saturated heterocycles. The summed E-state index contributed by atoms with van der Waals surface area (Å²) in [6, 6.07) is 0. The number of carbonyl (C=O) groups excluding carboxylic acids is 1. The second-order valence-corrected chi connectivity index (χ2v) is 6.26. The Morgan fingerprint density at radius 2 is 2.00 bits per heavy atom. The summed E-state index contributed by atoms with van der Waals surface area (Å²) in [7, 11) is 0. The van der Waals surface area contributed by atoms with E-state index in [4.69, 9.17) is 0 Å². The van der Waals surface area contributed by atoms with Crippen LogP contribution in [0.25, 0.3) is 0 Å². The first-order valence-electron chi connectivity index (χ1n) is 6.09. The first-order chi connectivity index (χ1) is 6.86. The normalized spacial score (nSPS) is 39.6. The Hall–Kier alpha value is -0.590. The molecule has 0 radical (unpaired) electrons.